The van der Waals surface area contributed by atoms with Gasteiger partial charge in [-0.3, -0.25) is 0 Å². The predicted octanol–water partition coefficient (Wildman–Crippen LogP) is 1.01. The van der Waals surface area contributed by atoms with Gasteiger partial charge < -0.3 is 10.5 Å². The summed E-state index contributed by atoms with van der Waals surface area (Å²) in [6, 6.07) is 0.0208. The molecule has 0 aliphatic heterocycles. The highest BCUT2D eigenvalue weighted by molar-refractivity contribution is 5.05. The Labute approximate surface area is 69.1 Å². The third kappa shape index (κ3) is 3.41. The van der Waals surface area contributed by atoms with Crippen LogP contribution in [0.15, 0.2) is 0 Å². The Hall–Kier alpha value is -0.520. The molecule has 0 aromatic rings. The van der Waals surface area contributed by atoms with Crippen LogP contribution in [-0.2, 0) is 4.74 Å². The molecule has 0 bridgehead atoms. The molecule has 2 N–H and O–H groups in total. The molecular formula is C9H17NO. The molecule has 64 valence electrons. The molecule has 0 heterocycles. The quantitative estimate of drug-likeness (QED) is 0.615. The van der Waals surface area contributed by atoms with Crippen molar-refractivity contribution in [1.29, 1.82) is 0 Å². The van der Waals surface area contributed by atoms with Crippen LogP contribution in [0.2, 0.25) is 0 Å². The number of ether oxygens (including phenoxy) is 1. The van der Waals surface area contributed by atoms with Crippen molar-refractivity contribution in [3.8, 4) is 12.3 Å². The highest BCUT2D eigenvalue weighted by Crippen LogP contribution is 2.19. The van der Waals surface area contributed by atoms with Gasteiger partial charge >= 0.3 is 0 Å². The lowest BCUT2D eigenvalue weighted by atomic mass is 9.84. The van der Waals surface area contributed by atoms with Gasteiger partial charge in [0.25, 0.3) is 0 Å². The van der Waals surface area contributed by atoms with E-state index < -0.39 is 0 Å². The van der Waals surface area contributed by atoms with Crippen molar-refractivity contribution in [2.75, 3.05) is 13.7 Å². The average Bonchev–Trinajstić information content (AvgIpc) is 2.00. The van der Waals surface area contributed by atoms with Crippen LogP contribution in [0, 0.1) is 17.8 Å². The minimum Gasteiger partial charge on any atom is -0.385 e. The molecule has 1 unspecified atom stereocenters. The van der Waals surface area contributed by atoms with Crippen molar-refractivity contribution in [2.45, 2.75) is 26.3 Å². The van der Waals surface area contributed by atoms with E-state index >= 15 is 0 Å². The molecule has 0 aliphatic rings. The molecule has 0 rings (SSSR count). The summed E-state index contributed by atoms with van der Waals surface area (Å²) < 4.78 is 4.90. The van der Waals surface area contributed by atoms with E-state index in [1.54, 1.807) is 7.11 Å². The summed E-state index contributed by atoms with van der Waals surface area (Å²) in [6.07, 6.45) is 6.12. The average molecular weight is 155 g/mol. The number of hydrogen-bond acceptors (Lipinski definition) is 2. The van der Waals surface area contributed by atoms with Crippen LogP contribution >= 0.6 is 0 Å². The van der Waals surface area contributed by atoms with Crippen LogP contribution < -0.4 is 5.73 Å². The van der Waals surface area contributed by atoms with Gasteiger partial charge in [0.15, 0.2) is 0 Å². The highest BCUT2D eigenvalue weighted by Gasteiger charge is 2.22. The maximum atomic E-state index is 5.83. The first-order valence-electron chi connectivity index (χ1n) is 3.77. The van der Waals surface area contributed by atoms with Crippen molar-refractivity contribution in [3.05, 3.63) is 0 Å². The third-order valence-electron chi connectivity index (χ3n) is 1.93. The zero-order valence-corrected chi connectivity index (χ0v) is 7.55. The fraction of sp³-hybridized carbons (Fsp3) is 0.778. The Bertz CT molecular complexity index is 146. The van der Waals surface area contributed by atoms with Crippen molar-refractivity contribution < 1.29 is 4.74 Å². The van der Waals surface area contributed by atoms with Crippen molar-refractivity contribution >= 4 is 0 Å². The lowest BCUT2D eigenvalue weighted by molar-refractivity contribution is 0.174. The minimum absolute atomic E-state index is 0.0208. The van der Waals surface area contributed by atoms with Crippen LogP contribution in [0.3, 0.4) is 0 Å². The normalized spacial score (nSPS) is 14.1. The maximum absolute atomic E-state index is 5.83. The molecule has 0 saturated carbocycles. The second kappa shape index (κ2) is 4.38. The smallest absolute Gasteiger partial charge is 0.0477 e. The summed E-state index contributed by atoms with van der Waals surface area (Å²) in [6.45, 7) is 4.60. The van der Waals surface area contributed by atoms with Crippen LogP contribution in [0.4, 0.5) is 0 Å². The van der Waals surface area contributed by atoms with E-state index in [9.17, 15) is 0 Å². The number of nitrogens with two attached hydrogens (primary N) is 1. The minimum atomic E-state index is -0.224. The Morgan fingerprint density at radius 2 is 2.18 bits per heavy atom. The predicted molar refractivity (Wildman–Crippen MR) is 47.1 cm³/mol. The second-order valence-corrected chi connectivity index (χ2v) is 3.25. The monoisotopic (exact) mass is 155 g/mol. The number of hydrogen-bond donors (Lipinski definition) is 1. The Balaban J connectivity index is 3.83. The third-order valence-corrected chi connectivity index (χ3v) is 1.93. The lowest BCUT2D eigenvalue weighted by Crippen LogP contribution is -2.37. The molecule has 0 saturated heterocycles. The fourth-order valence-electron chi connectivity index (χ4n) is 0.713. The maximum Gasteiger partial charge on any atom is 0.0477 e. The molecule has 1 atom stereocenters. The highest BCUT2D eigenvalue weighted by atomic mass is 16.5. The van der Waals surface area contributed by atoms with E-state index in [1.165, 1.54) is 0 Å². The molecule has 0 spiro atoms. The lowest BCUT2D eigenvalue weighted by Gasteiger charge is -2.25. The summed E-state index contributed by atoms with van der Waals surface area (Å²) in [7, 11) is 1.66. The first-order chi connectivity index (χ1) is 5.04. The Morgan fingerprint density at radius 1 is 1.64 bits per heavy atom. The van der Waals surface area contributed by atoms with E-state index in [0.29, 0.717) is 6.61 Å². The van der Waals surface area contributed by atoms with Gasteiger partial charge in [-0.2, -0.15) is 0 Å². The van der Waals surface area contributed by atoms with Gasteiger partial charge in [-0.1, -0.05) is 5.92 Å². The van der Waals surface area contributed by atoms with Crippen molar-refractivity contribution in [1.82, 2.24) is 0 Å². The standard InChI is InChI=1S/C9H17NO/c1-5-9(2,3)8(10)6-7-11-4/h1,8H,6-7,10H2,2-4H3. The van der Waals surface area contributed by atoms with Crippen LogP contribution in [0.1, 0.15) is 20.3 Å². The molecule has 0 radical (unpaired) electrons. The Morgan fingerprint density at radius 3 is 2.55 bits per heavy atom. The summed E-state index contributed by atoms with van der Waals surface area (Å²) >= 11 is 0. The van der Waals surface area contributed by atoms with E-state index in [0.717, 1.165) is 6.42 Å². The number of rotatable bonds is 4. The summed E-state index contributed by atoms with van der Waals surface area (Å²) in [5, 5.41) is 0. The fourth-order valence-corrected chi connectivity index (χ4v) is 0.713. The van der Waals surface area contributed by atoms with E-state index in [1.807, 2.05) is 13.8 Å². The largest absolute Gasteiger partial charge is 0.385 e. The molecule has 11 heavy (non-hydrogen) atoms. The molecule has 0 aliphatic carbocycles. The summed E-state index contributed by atoms with van der Waals surface area (Å²) in [5.41, 5.74) is 5.60. The SMILES string of the molecule is C#CC(C)(C)C(N)CCOC. The Kier molecular flexibility index (Phi) is 4.17. The topological polar surface area (TPSA) is 35.2 Å². The van der Waals surface area contributed by atoms with Gasteiger partial charge in [0.1, 0.15) is 0 Å². The zero-order valence-electron chi connectivity index (χ0n) is 7.55. The molecule has 0 aromatic heterocycles. The van der Waals surface area contributed by atoms with E-state index in [-0.39, 0.29) is 11.5 Å². The van der Waals surface area contributed by atoms with E-state index in [4.69, 9.17) is 16.9 Å². The van der Waals surface area contributed by atoms with Gasteiger partial charge in [0.2, 0.25) is 0 Å². The number of methoxy groups -OCH3 is 1. The molecule has 0 aromatic carbocycles. The summed E-state index contributed by atoms with van der Waals surface area (Å²) in [5.74, 6) is 2.67. The first kappa shape index (κ1) is 10.5. The summed E-state index contributed by atoms with van der Waals surface area (Å²) in [4.78, 5) is 0. The van der Waals surface area contributed by atoms with Crippen molar-refractivity contribution in [3.63, 3.8) is 0 Å². The van der Waals surface area contributed by atoms with Gasteiger partial charge in [0.05, 0.1) is 0 Å². The number of terminal acetylenes is 1. The molecule has 2 heteroatoms. The van der Waals surface area contributed by atoms with Gasteiger partial charge in [0, 0.05) is 25.2 Å². The van der Waals surface area contributed by atoms with Gasteiger partial charge in [-0.25, -0.2) is 0 Å². The molecule has 0 amide bonds. The molecule has 0 fully saturated rings. The molecule has 2 nitrogen and oxygen atoms in total. The van der Waals surface area contributed by atoms with Crippen LogP contribution in [0.5, 0.6) is 0 Å². The van der Waals surface area contributed by atoms with Crippen LogP contribution in [0.25, 0.3) is 0 Å². The molecular weight excluding hydrogens is 138 g/mol. The van der Waals surface area contributed by atoms with Gasteiger partial charge in [-0.05, 0) is 20.3 Å². The second-order valence-electron chi connectivity index (χ2n) is 3.25. The zero-order chi connectivity index (χ0) is 8.91. The van der Waals surface area contributed by atoms with Crippen LogP contribution in [-0.4, -0.2) is 19.8 Å². The first-order valence-corrected chi connectivity index (χ1v) is 3.77. The van der Waals surface area contributed by atoms with Crippen molar-refractivity contribution in [2.24, 2.45) is 11.1 Å². The van der Waals surface area contributed by atoms with Gasteiger partial charge in [-0.15, -0.1) is 6.42 Å². The van der Waals surface area contributed by atoms with E-state index in [2.05, 4.69) is 5.92 Å².